The molecule has 0 saturated carbocycles. The van der Waals surface area contributed by atoms with E-state index in [0.29, 0.717) is 41.1 Å². The van der Waals surface area contributed by atoms with Crippen LogP contribution in [0.5, 0.6) is 0 Å². The Balaban J connectivity index is 1.18. The summed E-state index contributed by atoms with van der Waals surface area (Å²) in [6.07, 6.45) is 3.62. The molecule has 6 rings (SSSR count). The van der Waals surface area contributed by atoms with Gasteiger partial charge in [-0.25, -0.2) is 18.4 Å². The molecule has 4 N–H and O–H groups in total. The molecular formula is C27H23N7O4S. The van der Waals surface area contributed by atoms with Crippen molar-refractivity contribution in [1.82, 2.24) is 24.2 Å². The van der Waals surface area contributed by atoms with Gasteiger partial charge in [0.1, 0.15) is 5.52 Å². The molecule has 0 radical (unpaired) electrons. The van der Waals surface area contributed by atoms with Gasteiger partial charge in [0.25, 0.3) is 11.8 Å². The molecule has 0 fully saturated rings. The molecule has 3 aromatic carbocycles. The summed E-state index contributed by atoms with van der Waals surface area (Å²) in [5.74, 6) is -0.254. The molecule has 0 aliphatic carbocycles. The third kappa shape index (κ3) is 4.78. The molecule has 12 heteroatoms. The highest BCUT2D eigenvalue weighted by molar-refractivity contribution is 7.89. The fourth-order valence-corrected chi connectivity index (χ4v) is 6.02. The largest absolute Gasteiger partial charge is 0.331 e. The number of para-hydroxylation sites is 1. The van der Waals surface area contributed by atoms with Crippen molar-refractivity contribution in [2.75, 3.05) is 17.2 Å². The normalized spacial score (nSPS) is 13.6. The zero-order valence-corrected chi connectivity index (χ0v) is 21.3. The molecule has 0 unspecified atom stereocenters. The van der Waals surface area contributed by atoms with Gasteiger partial charge < -0.3 is 9.97 Å². The molecule has 1 aliphatic rings. The summed E-state index contributed by atoms with van der Waals surface area (Å²) in [5.41, 5.74) is 3.51. The first-order valence-electron chi connectivity index (χ1n) is 12.2. The van der Waals surface area contributed by atoms with Gasteiger partial charge in [-0.1, -0.05) is 30.3 Å². The number of anilines is 2. The summed E-state index contributed by atoms with van der Waals surface area (Å²) in [4.78, 5) is 40.3. The standard InChI is InChI=1S/C27H23N7O4S/c35-24(32-27-30-22-8-4-7-21(23(22)31-27)25(36)33-26-28-12-13-29-26)18-9-10-19-16-34(14-11-17(19)15-18)39(37,38)20-5-2-1-3-6-20/h1-10,12-13,15H,11,14,16H2,(H2,28,29,33,36)(H2,30,31,32,35). The number of hydrogen-bond donors (Lipinski definition) is 4. The van der Waals surface area contributed by atoms with E-state index in [9.17, 15) is 18.0 Å². The summed E-state index contributed by atoms with van der Waals surface area (Å²) >= 11 is 0. The number of nitrogens with zero attached hydrogens (tertiary/aromatic N) is 3. The number of aromatic amines is 2. The molecule has 3 heterocycles. The zero-order chi connectivity index (χ0) is 27.0. The lowest BCUT2D eigenvalue weighted by atomic mass is 9.98. The molecule has 2 amide bonds. The minimum atomic E-state index is -3.60. The molecule has 196 valence electrons. The molecule has 0 atom stereocenters. The lowest BCUT2D eigenvalue weighted by Crippen LogP contribution is -2.36. The number of amides is 2. The average molecular weight is 542 g/mol. The highest BCUT2D eigenvalue weighted by Crippen LogP contribution is 2.26. The van der Waals surface area contributed by atoms with E-state index in [1.165, 1.54) is 10.5 Å². The van der Waals surface area contributed by atoms with Gasteiger partial charge in [-0.3, -0.25) is 20.2 Å². The summed E-state index contributed by atoms with van der Waals surface area (Å²) in [6.45, 7) is 0.558. The van der Waals surface area contributed by atoms with Gasteiger partial charge >= 0.3 is 0 Å². The van der Waals surface area contributed by atoms with Gasteiger partial charge in [-0.15, -0.1) is 0 Å². The van der Waals surface area contributed by atoms with Crippen LogP contribution in [0.15, 0.2) is 84.0 Å². The van der Waals surface area contributed by atoms with Crippen molar-refractivity contribution in [3.05, 3.63) is 101 Å². The Kier molecular flexibility index (Phi) is 6.17. The minimum Gasteiger partial charge on any atom is -0.331 e. The Morgan fingerprint density at radius 1 is 0.897 bits per heavy atom. The number of fused-ring (bicyclic) bond motifs is 2. The van der Waals surface area contributed by atoms with Crippen molar-refractivity contribution in [2.24, 2.45) is 0 Å². The Morgan fingerprint density at radius 2 is 1.72 bits per heavy atom. The number of aromatic nitrogens is 4. The van der Waals surface area contributed by atoms with Crippen LogP contribution in [-0.2, 0) is 23.0 Å². The number of rotatable bonds is 6. The van der Waals surface area contributed by atoms with Gasteiger partial charge in [0, 0.05) is 31.0 Å². The van der Waals surface area contributed by atoms with Gasteiger partial charge in [-0.2, -0.15) is 4.31 Å². The first-order valence-corrected chi connectivity index (χ1v) is 13.6. The van der Waals surface area contributed by atoms with E-state index >= 15 is 0 Å². The van der Waals surface area contributed by atoms with Crippen LogP contribution in [-0.4, -0.2) is 51.0 Å². The molecule has 2 aromatic heterocycles. The smallest absolute Gasteiger partial charge is 0.260 e. The van der Waals surface area contributed by atoms with Gasteiger partial charge in [0.2, 0.25) is 21.9 Å². The van der Waals surface area contributed by atoms with E-state index in [0.717, 1.165) is 11.1 Å². The van der Waals surface area contributed by atoms with E-state index in [1.807, 2.05) is 0 Å². The number of carbonyl (C=O) groups excluding carboxylic acids is 2. The lowest BCUT2D eigenvalue weighted by Gasteiger charge is -2.28. The third-order valence-electron chi connectivity index (χ3n) is 6.55. The number of nitrogens with one attached hydrogen (secondary N) is 4. The number of carbonyl (C=O) groups is 2. The summed E-state index contributed by atoms with van der Waals surface area (Å²) in [6, 6.07) is 18.7. The molecular weight excluding hydrogens is 518 g/mol. The van der Waals surface area contributed by atoms with Gasteiger partial charge in [-0.05, 0) is 53.9 Å². The second-order valence-corrected chi connectivity index (χ2v) is 11.0. The number of benzene rings is 3. The summed E-state index contributed by atoms with van der Waals surface area (Å²) < 4.78 is 27.5. The number of hydrogen-bond acceptors (Lipinski definition) is 6. The van der Waals surface area contributed by atoms with Crippen molar-refractivity contribution in [1.29, 1.82) is 0 Å². The van der Waals surface area contributed by atoms with E-state index in [4.69, 9.17) is 0 Å². The van der Waals surface area contributed by atoms with Crippen LogP contribution < -0.4 is 10.6 Å². The van der Waals surface area contributed by atoms with Crippen LogP contribution in [0.4, 0.5) is 11.9 Å². The maximum Gasteiger partial charge on any atom is 0.260 e. The Bertz CT molecular complexity index is 1800. The van der Waals surface area contributed by atoms with Crippen LogP contribution in [0.1, 0.15) is 31.8 Å². The van der Waals surface area contributed by atoms with E-state index in [1.54, 1.807) is 72.9 Å². The topological polar surface area (TPSA) is 153 Å². The average Bonchev–Trinajstić information content (AvgIpc) is 3.62. The molecule has 11 nitrogen and oxygen atoms in total. The first kappa shape index (κ1) is 24.5. The fraction of sp³-hybridized carbons (Fsp3) is 0.111. The van der Waals surface area contributed by atoms with Crippen molar-refractivity contribution in [2.45, 2.75) is 17.9 Å². The summed E-state index contributed by atoms with van der Waals surface area (Å²) in [5, 5.41) is 5.43. The van der Waals surface area contributed by atoms with E-state index in [2.05, 4.69) is 30.6 Å². The quantitative estimate of drug-likeness (QED) is 0.258. The second kappa shape index (κ2) is 9.82. The lowest BCUT2D eigenvalue weighted by molar-refractivity contribution is 0.101. The second-order valence-electron chi connectivity index (χ2n) is 9.02. The summed E-state index contributed by atoms with van der Waals surface area (Å²) in [7, 11) is -3.60. The zero-order valence-electron chi connectivity index (χ0n) is 20.5. The van der Waals surface area contributed by atoms with Crippen molar-refractivity contribution < 1.29 is 18.0 Å². The van der Waals surface area contributed by atoms with Crippen molar-refractivity contribution in [3.8, 4) is 0 Å². The maximum absolute atomic E-state index is 13.0. The first-order chi connectivity index (χ1) is 18.9. The van der Waals surface area contributed by atoms with E-state index < -0.39 is 15.9 Å². The van der Waals surface area contributed by atoms with Crippen molar-refractivity contribution in [3.63, 3.8) is 0 Å². The molecule has 39 heavy (non-hydrogen) atoms. The molecule has 0 spiro atoms. The SMILES string of the molecule is O=C(Nc1nc2c(C(=O)Nc3ncc[nH]3)cccc2[nH]1)c1ccc2c(c1)CCN(S(=O)(=O)c1ccccc1)C2. The monoisotopic (exact) mass is 541 g/mol. The highest BCUT2D eigenvalue weighted by atomic mass is 32.2. The molecule has 0 saturated heterocycles. The minimum absolute atomic E-state index is 0.200. The maximum atomic E-state index is 13.0. The predicted octanol–water partition coefficient (Wildman–Crippen LogP) is 3.54. The van der Waals surface area contributed by atoms with Crippen LogP contribution in [0.2, 0.25) is 0 Å². The van der Waals surface area contributed by atoms with E-state index in [-0.39, 0.29) is 23.3 Å². The van der Waals surface area contributed by atoms with Crippen molar-refractivity contribution >= 4 is 44.8 Å². The fourth-order valence-electron chi connectivity index (χ4n) is 4.58. The van der Waals surface area contributed by atoms with Crippen LogP contribution >= 0.6 is 0 Å². The third-order valence-corrected chi connectivity index (χ3v) is 8.41. The molecule has 0 bridgehead atoms. The van der Waals surface area contributed by atoms with Crippen LogP contribution in [0.25, 0.3) is 11.0 Å². The van der Waals surface area contributed by atoms with Gasteiger partial charge in [0.05, 0.1) is 16.0 Å². The molecule has 5 aromatic rings. The molecule has 1 aliphatic heterocycles. The number of H-pyrrole nitrogens is 2. The number of sulfonamides is 1. The predicted molar refractivity (Wildman–Crippen MR) is 145 cm³/mol. The Hall–Kier alpha value is -4.81. The Morgan fingerprint density at radius 3 is 2.51 bits per heavy atom. The van der Waals surface area contributed by atoms with Crippen LogP contribution in [0.3, 0.4) is 0 Å². The number of imidazole rings is 2. The van der Waals surface area contributed by atoms with Crippen LogP contribution in [0, 0.1) is 0 Å². The Labute approximate surface area is 223 Å². The van der Waals surface area contributed by atoms with Gasteiger partial charge in [0.15, 0.2) is 0 Å². The highest BCUT2D eigenvalue weighted by Gasteiger charge is 2.28.